The molecule has 1 aromatic carbocycles. The van der Waals surface area contributed by atoms with Gasteiger partial charge in [0.1, 0.15) is 5.54 Å². The van der Waals surface area contributed by atoms with E-state index in [9.17, 15) is 9.90 Å². The molecule has 1 aromatic rings. The van der Waals surface area contributed by atoms with Crippen molar-refractivity contribution in [1.82, 2.24) is 4.90 Å². The van der Waals surface area contributed by atoms with Crippen LogP contribution in [0.2, 0.25) is 0 Å². The van der Waals surface area contributed by atoms with Crippen LogP contribution >= 0.6 is 15.9 Å². The SMILES string of the molecule is CCN(C1CCc2cc(Br)ccc2C1)C(C)(C)C(=O)O. The second-order valence-corrected chi connectivity index (χ2v) is 6.88. The minimum absolute atomic E-state index is 0.305. The summed E-state index contributed by atoms with van der Waals surface area (Å²) >= 11 is 3.51. The highest BCUT2D eigenvalue weighted by Gasteiger charge is 2.38. The van der Waals surface area contributed by atoms with Crippen LogP contribution in [-0.4, -0.2) is 34.1 Å². The van der Waals surface area contributed by atoms with E-state index in [0.29, 0.717) is 6.04 Å². The number of carboxylic acid groups (broad SMARTS) is 1. The number of hydrogen-bond donors (Lipinski definition) is 1. The number of carbonyl (C=O) groups is 1. The third-order valence-electron chi connectivity index (χ3n) is 4.39. The number of likely N-dealkylation sites (N-methyl/N-ethyl adjacent to an activating group) is 1. The molecule has 0 spiro atoms. The topological polar surface area (TPSA) is 40.5 Å². The minimum Gasteiger partial charge on any atom is -0.480 e. The van der Waals surface area contributed by atoms with Gasteiger partial charge in [-0.3, -0.25) is 9.69 Å². The molecule has 1 N–H and O–H groups in total. The lowest BCUT2D eigenvalue weighted by Crippen LogP contribution is -2.56. The summed E-state index contributed by atoms with van der Waals surface area (Å²) in [4.78, 5) is 13.6. The minimum atomic E-state index is -0.813. The fourth-order valence-corrected chi connectivity index (χ4v) is 3.61. The number of carboxylic acids is 1. The van der Waals surface area contributed by atoms with Gasteiger partial charge in [-0.25, -0.2) is 0 Å². The monoisotopic (exact) mass is 339 g/mol. The standard InChI is InChI=1S/C16H22BrNO2/c1-4-18(16(2,3)15(19)20)14-8-6-11-9-13(17)7-5-12(11)10-14/h5,7,9,14H,4,6,8,10H2,1-3H3,(H,19,20). The Labute approximate surface area is 129 Å². The molecular formula is C16H22BrNO2. The Hall–Kier alpha value is -0.870. The number of aliphatic carboxylic acids is 1. The van der Waals surface area contributed by atoms with Crippen LogP contribution in [0, 0.1) is 0 Å². The quantitative estimate of drug-likeness (QED) is 0.912. The fourth-order valence-electron chi connectivity index (χ4n) is 3.20. The average Bonchev–Trinajstić information content (AvgIpc) is 2.39. The molecule has 1 aliphatic rings. The predicted molar refractivity (Wildman–Crippen MR) is 84.0 cm³/mol. The van der Waals surface area contributed by atoms with Gasteiger partial charge in [0.05, 0.1) is 0 Å². The summed E-state index contributed by atoms with van der Waals surface area (Å²) in [6.45, 7) is 6.41. The zero-order chi connectivity index (χ0) is 14.9. The van der Waals surface area contributed by atoms with Gasteiger partial charge in [-0.2, -0.15) is 0 Å². The van der Waals surface area contributed by atoms with Crippen LogP contribution in [0.3, 0.4) is 0 Å². The Balaban J connectivity index is 2.23. The van der Waals surface area contributed by atoms with E-state index in [0.717, 1.165) is 30.3 Å². The fraction of sp³-hybridized carbons (Fsp3) is 0.562. The van der Waals surface area contributed by atoms with Crippen molar-refractivity contribution in [2.45, 2.75) is 51.6 Å². The summed E-state index contributed by atoms with van der Waals surface area (Å²) in [5, 5.41) is 9.46. The number of benzene rings is 1. The van der Waals surface area contributed by atoms with Gasteiger partial charge in [0, 0.05) is 10.5 Å². The summed E-state index contributed by atoms with van der Waals surface area (Å²) in [5.74, 6) is -0.749. The molecule has 3 nitrogen and oxygen atoms in total. The Morgan fingerprint density at radius 1 is 1.45 bits per heavy atom. The maximum absolute atomic E-state index is 11.5. The van der Waals surface area contributed by atoms with E-state index >= 15 is 0 Å². The first kappa shape index (κ1) is 15.5. The summed E-state index contributed by atoms with van der Waals surface area (Å²) in [6.07, 6.45) is 2.98. The molecule has 0 saturated heterocycles. The van der Waals surface area contributed by atoms with Gasteiger partial charge in [-0.1, -0.05) is 28.9 Å². The lowest BCUT2D eigenvalue weighted by Gasteiger charge is -2.42. The summed E-state index contributed by atoms with van der Waals surface area (Å²) in [6, 6.07) is 6.72. The highest BCUT2D eigenvalue weighted by molar-refractivity contribution is 9.10. The van der Waals surface area contributed by atoms with Gasteiger partial charge in [0.25, 0.3) is 0 Å². The van der Waals surface area contributed by atoms with Crippen molar-refractivity contribution in [1.29, 1.82) is 0 Å². The molecule has 20 heavy (non-hydrogen) atoms. The lowest BCUT2D eigenvalue weighted by atomic mass is 9.85. The van der Waals surface area contributed by atoms with Crippen LogP contribution in [0.1, 0.15) is 38.3 Å². The Bertz CT molecular complexity index is 513. The van der Waals surface area contributed by atoms with Crippen LogP contribution in [0.5, 0.6) is 0 Å². The second-order valence-electron chi connectivity index (χ2n) is 5.96. The first-order valence-electron chi connectivity index (χ1n) is 7.13. The average molecular weight is 340 g/mol. The van der Waals surface area contributed by atoms with Crippen molar-refractivity contribution in [3.8, 4) is 0 Å². The first-order valence-corrected chi connectivity index (χ1v) is 7.93. The van der Waals surface area contributed by atoms with Gasteiger partial charge < -0.3 is 5.11 Å². The van der Waals surface area contributed by atoms with E-state index in [2.05, 4.69) is 39.0 Å². The van der Waals surface area contributed by atoms with Crippen LogP contribution in [0.25, 0.3) is 0 Å². The van der Waals surface area contributed by atoms with Crippen molar-refractivity contribution in [3.63, 3.8) is 0 Å². The maximum atomic E-state index is 11.5. The van der Waals surface area contributed by atoms with Crippen LogP contribution in [-0.2, 0) is 17.6 Å². The number of nitrogens with zero attached hydrogens (tertiary/aromatic N) is 1. The van der Waals surface area contributed by atoms with Crippen molar-refractivity contribution < 1.29 is 9.90 Å². The number of halogens is 1. The first-order chi connectivity index (χ1) is 9.36. The molecule has 0 amide bonds. The lowest BCUT2D eigenvalue weighted by molar-refractivity contribution is -0.151. The van der Waals surface area contributed by atoms with Crippen molar-refractivity contribution in [2.24, 2.45) is 0 Å². The molecule has 1 atom stereocenters. The van der Waals surface area contributed by atoms with Crippen molar-refractivity contribution in [2.75, 3.05) is 6.54 Å². The predicted octanol–water partition coefficient (Wildman–Crippen LogP) is 3.49. The molecule has 0 fully saturated rings. The van der Waals surface area contributed by atoms with Gasteiger partial charge in [0.2, 0.25) is 0 Å². The summed E-state index contributed by atoms with van der Waals surface area (Å²) in [7, 11) is 0. The molecular weight excluding hydrogens is 318 g/mol. The normalized spacial score (nSPS) is 18.9. The van der Waals surface area contributed by atoms with Crippen LogP contribution in [0.4, 0.5) is 0 Å². The highest BCUT2D eigenvalue weighted by Crippen LogP contribution is 2.30. The Kier molecular flexibility index (Phi) is 4.55. The highest BCUT2D eigenvalue weighted by atomic mass is 79.9. The van der Waals surface area contributed by atoms with E-state index in [1.165, 1.54) is 11.1 Å². The van der Waals surface area contributed by atoms with Crippen LogP contribution in [0.15, 0.2) is 22.7 Å². The van der Waals surface area contributed by atoms with Gasteiger partial charge in [-0.05, 0) is 62.9 Å². The zero-order valence-corrected chi connectivity index (χ0v) is 13.9. The molecule has 110 valence electrons. The third kappa shape index (κ3) is 2.91. The van der Waals surface area contributed by atoms with Crippen LogP contribution < -0.4 is 0 Å². The Morgan fingerprint density at radius 2 is 2.15 bits per heavy atom. The van der Waals surface area contributed by atoms with E-state index in [4.69, 9.17) is 0 Å². The van der Waals surface area contributed by atoms with Gasteiger partial charge >= 0.3 is 5.97 Å². The van der Waals surface area contributed by atoms with E-state index in [-0.39, 0.29) is 0 Å². The third-order valence-corrected chi connectivity index (χ3v) is 4.89. The number of aryl methyl sites for hydroxylation is 1. The van der Waals surface area contributed by atoms with E-state index < -0.39 is 11.5 Å². The molecule has 0 aromatic heterocycles. The smallest absolute Gasteiger partial charge is 0.323 e. The molecule has 1 aliphatic carbocycles. The zero-order valence-electron chi connectivity index (χ0n) is 12.3. The van der Waals surface area contributed by atoms with Crippen molar-refractivity contribution >= 4 is 21.9 Å². The molecule has 0 saturated carbocycles. The molecule has 0 radical (unpaired) electrons. The largest absolute Gasteiger partial charge is 0.480 e. The number of hydrogen-bond acceptors (Lipinski definition) is 2. The maximum Gasteiger partial charge on any atom is 0.323 e. The van der Waals surface area contributed by atoms with Gasteiger partial charge in [-0.15, -0.1) is 0 Å². The summed E-state index contributed by atoms with van der Waals surface area (Å²) < 4.78 is 1.12. The number of fused-ring (bicyclic) bond motifs is 1. The molecule has 4 heteroatoms. The molecule has 1 unspecified atom stereocenters. The molecule has 0 aliphatic heterocycles. The van der Waals surface area contributed by atoms with Crippen molar-refractivity contribution in [3.05, 3.63) is 33.8 Å². The molecule has 2 rings (SSSR count). The molecule has 0 heterocycles. The van der Waals surface area contributed by atoms with Gasteiger partial charge in [0.15, 0.2) is 0 Å². The van der Waals surface area contributed by atoms with E-state index in [1.54, 1.807) is 13.8 Å². The van der Waals surface area contributed by atoms with E-state index in [1.807, 2.05) is 6.92 Å². The Morgan fingerprint density at radius 3 is 2.75 bits per heavy atom. The molecule has 0 bridgehead atoms. The second kappa shape index (κ2) is 5.86. The number of rotatable bonds is 4. The summed E-state index contributed by atoms with van der Waals surface area (Å²) in [5.41, 5.74) is 1.93.